The molecule has 2 heterocycles. The summed E-state index contributed by atoms with van der Waals surface area (Å²) in [7, 11) is 1.98. The summed E-state index contributed by atoms with van der Waals surface area (Å²) >= 11 is 0. The van der Waals surface area contributed by atoms with Gasteiger partial charge in [-0.25, -0.2) is 0 Å². The van der Waals surface area contributed by atoms with Gasteiger partial charge >= 0.3 is 0 Å². The van der Waals surface area contributed by atoms with Gasteiger partial charge in [-0.2, -0.15) is 5.10 Å². The molecule has 2 rings (SSSR count). The molecular weight excluding hydrogens is 226 g/mol. The largest absolute Gasteiger partial charge is 0.466 e. The van der Waals surface area contributed by atoms with E-state index in [1.807, 2.05) is 31.8 Å². The summed E-state index contributed by atoms with van der Waals surface area (Å²) in [6.07, 6.45) is 4.97. The summed E-state index contributed by atoms with van der Waals surface area (Å²) in [6.45, 7) is 7.00. The Bertz CT molecular complexity index is 513. The van der Waals surface area contributed by atoms with Gasteiger partial charge in [-0.3, -0.25) is 4.68 Å². The number of aryl methyl sites for hydroxylation is 3. The van der Waals surface area contributed by atoms with Crippen LogP contribution in [0.5, 0.6) is 0 Å². The van der Waals surface area contributed by atoms with E-state index in [9.17, 15) is 0 Å². The van der Waals surface area contributed by atoms with E-state index in [0.717, 1.165) is 24.5 Å². The SMILES string of the molecule is CCn1cc(CC(NC)c2cc(C)oc2C)cn1. The molecular formula is C14H21N3O. The Kier molecular flexibility index (Phi) is 3.87. The van der Waals surface area contributed by atoms with E-state index in [4.69, 9.17) is 4.42 Å². The van der Waals surface area contributed by atoms with E-state index < -0.39 is 0 Å². The maximum Gasteiger partial charge on any atom is 0.105 e. The van der Waals surface area contributed by atoms with Crippen LogP contribution in [0.2, 0.25) is 0 Å². The second kappa shape index (κ2) is 5.40. The predicted molar refractivity (Wildman–Crippen MR) is 71.6 cm³/mol. The Labute approximate surface area is 108 Å². The number of nitrogens with one attached hydrogen (secondary N) is 1. The van der Waals surface area contributed by atoms with Crippen LogP contribution in [0.1, 0.15) is 35.6 Å². The molecule has 1 atom stereocenters. The third-order valence-corrected chi connectivity index (χ3v) is 3.25. The fourth-order valence-electron chi connectivity index (χ4n) is 2.28. The Morgan fingerprint density at radius 3 is 2.72 bits per heavy atom. The van der Waals surface area contributed by atoms with Crippen LogP contribution in [0.4, 0.5) is 0 Å². The van der Waals surface area contributed by atoms with E-state index in [1.54, 1.807) is 0 Å². The smallest absolute Gasteiger partial charge is 0.105 e. The van der Waals surface area contributed by atoms with Gasteiger partial charge < -0.3 is 9.73 Å². The van der Waals surface area contributed by atoms with Crippen molar-refractivity contribution in [2.45, 2.75) is 39.8 Å². The van der Waals surface area contributed by atoms with Crippen molar-refractivity contribution in [1.82, 2.24) is 15.1 Å². The van der Waals surface area contributed by atoms with Gasteiger partial charge in [0.15, 0.2) is 0 Å². The van der Waals surface area contributed by atoms with Gasteiger partial charge in [0.05, 0.1) is 6.20 Å². The molecule has 18 heavy (non-hydrogen) atoms. The molecule has 0 bridgehead atoms. The molecule has 98 valence electrons. The number of hydrogen-bond donors (Lipinski definition) is 1. The highest BCUT2D eigenvalue weighted by molar-refractivity contribution is 5.26. The first kappa shape index (κ1) is 12.9. The average molecular weight is 247 g/mol. The minimum absolute atomic E-state index is 0.275. The standard InChI is InChI=1S/C14H21N3O/c1-5-17-9-12(8-16-17)7-14(15-4)13-6-10(2)18-11(13)3/h6,8-9,14-15H,5,7H2,1-4H3. The van der Waals surface area contributed by atoms with Crippen LogP contribution in [-0.2, 0) is 13.0 Å². The Balaban J connectivity index is 2.16. The van der Waals surface area contributed by atoms with Gasteiger partial charge in [0.2, 0.25) is 0 Å². The highest BCUT2D eigenvalue weighted by atomic mass is 16.3. The van der Waals surface area contributed by atoms with Gasteiger partial charge in [-0.05, 0) is 45.9 Å². The highest BCUT2D eigenvalue weighted by Crippen LogP contribution is 2.24. The van der Waals surface area contributed by atoms with Crippen molar-refractivity contribution < 1.29 is 4.42 Å². The summed E-state index contributed by atoms with van der Waals surface area (Å²) in [5.74, 6) is 1.96. The molecule has 0 saturated carbocycles. The van der Waals surface area contributed by atoms with E-state index in [0.29, 0.717) is 0 Å². The molecule has 0 aromatic carbocycles. The Hall–Kier alpha value is -1.55. The van der Waals surface area contributed by atoms with E-state index in [2.05, 4.69) is 29.6 Å². The molecule has 2 aromatic heterocycles. The zero-order valence-corrected chi connectivity index (χ0v) is 11.5. The van der Waals surface area contributed by atoms with Gasteiger partial charge in [-0.15, -0.1) is 0 Å². The lowest BCUT2D eigenvalue weighted by atomic mass is 10.0. The van der Waals surface area contributed by atoms with Crippen molar-refractivity contribution in [3.63, 3.8) is 0 Å². The molecule has 0 aliphatic carbocycles. The molecule has 0 spiro atoms. The quantitative estimate of drug-likeness (QED) is 0.883. The molecule has 0 amide bonds. The van der Waals surface area contributed by atoms with Gasteiger partial charge in [0.1, 0.15) is 11.5 Å². The third kappa shape index (κ3) is 2.64. The van der Waals surface area contributed by atoms with E-state index in [1.165, 1.54) is 11.1 Å². The van der Waals surface area contributed by atoms with Crippen LogP contribution in [-0.4, -0.2) is 16.8 Å². The summed E-state index contributed by atoms with van der Waals surface area (Å²) in [5.41, 5.74) is 2.48. The molecule has 0 fully saturated rings. The van der Waals surface area contributed by atoms with Crippen LogP contribution in [0, 0.1) is 13.8 Å². The van der Waals surface area contributed by atoms with Crippen LogP contribution in [0.15, 0.2) is 22.9 Å². The van der Waals surface area contributed by atoms with Crippen LogP contribution >= 0.6 is 0 Å². The van der Waals surface area contributed by atoms with Crippen molar-refractivity contribution in [3.05, 3.63) is 41.1 Å². The normalized spacial score (nSPS) is 12.9. The summed E-state index contributed by atoms with van der Waals surface area (Å²) < 4.78 is 7.55. The topological polar surface area (TPSA) is 43.0 Å². The zero-order chi connectivity index (χ0) is 13.1. The maximum atomic E-state index is 5.60. The van der Waals surface area contributed by atoms with Gasteiger partial charge in [-0.1, -0.05) is 0 Å². The molecule has 2 aromatic rings. The molecule has 4 heteroatoms. The number of aromatic nitrogens is 2. The summed E-state index contributed by atoms with van der Waals surface area (Å²) in [5, 5.41) is 7.66. The zero-order valence-electron chi connectivity index (χ0n) is 11.5. The Morgan fingerprint density at radius 1 is 1.44 bits per heavy atom. The number of likely N-dealkylation sites (N-methyl/N-ethyl adjacent to an activating group) is 1. The summed E-state index contributed by atoms with van der Waals surface area (Å²) in [6, 6.07) is 2.39. The van der Waals surface area contributed by atoms with Crippen LogP contribution in [0.25, 0.3) is 0 Å². The van der Waals surface area contributed by atoms with E-state index >= 15 is 0 Å². The first-order valence-electron chi connectivity index (χ1n) is 6.39. The number of nitrogens with zero attached hydrogens (tertiary/aromatic N) is 2. The van der Waals surface area contributed by atoms with Crippen molar-refractivity contribution in [2.24, 2.45) is 0 Å². The monoisotopic (exact) mass is 247 g/mol. The summed E-state index contributed by atoms with van der Waals surface area (Å²) in [4.78, 5) is 0. The second-order valence-corrected chi connectivity index (χ2v) is 4.62. The average Bonchev–Trinajstić information content (AvgIpc) is 2.92. The minimum atomic E-state index is 0.275. The molecule has 0 saturated heterocycles. The van der Waals surface area contributed by atoms with Gasteiger partial charge in [0.25, 0.3) is 0 Å². The Morgan fingerprint density at radius 2 is 2.22 bits per heavy atom. The van der Waals surface area contributed by atoms with Crippen molar-refractivity contribution in [3.8, 4) is 0 Å². The maximum absolute atomic E-state index is 5.60. The first-order valence-corrected chi connectivity index (χ1v) is 6.39. The molecule has 0 aliphatic heterocycles. The first-order chi connectivity index (χ1) is 8.63. The molecule has 4 nitrogen and oxygen atoms in total. The van der Waals surface area contributed by atoms with Gasteiger partial charge in [0, 0.05) is 24.3 Å². The molecule has 0 aliphatic rings. The lowest BCUT2D eigenvalue weighted by Gasteiger charge is -2.14. The number of rotatable bonds is 5. The molecule has 0 radical (unpaired) electrons. The number of furan rings is 1. The van der Waals surface area contributed by atoms with Crippen molar-refractivity contribution >= 4 is 0 Å². The molecule has 1 unspecified atom stereocenters. The lowest BCUT2D eigenvalue weighted by Crippen LogP contribution is -2.18. The predicted octanol–water partition coefficient (Wildman–Crippen LogP) is 2.62. The van der Waals surface area contributed by atoms with Crippen LogP contribution in [0.3, 0.4) is 0 Å². The third-order valence-electron chi connectivity index (χ3n) is 3.25. The van der Waals surface area contributed by atoms with E-state index in [-0.39, 0.29) is 6.04 Å². The fourth-order valence-corrected chi connectivity index (χ4v) is 2.28. The molecule has 1 N–H and O–H groups in total. The van der Waals surface area contributed by atoms with Crippen molar-refractivity contribution in [1.29, 1.82) is 0 Å². The minimum Gasteiger partial charge on any atom is -0.466 e. The number of hydrogen-bond acceptors (Lipinski definition) is 3. The van der Waals surface area contributed by atoms with Crippen LogP contribution < -0.4 is 5.32 Å². The highest BCUT2D eigenvalue weighted by Gasteiger charge is 2.16. The van der Waals surface area contributed by atoms with Crippen molar-refractivity contribution in [2.75, 3.05) is 7.05 Å². The fraction of sp³-hybridized carbons (Fsp3) is 0.500. The second-order valence-electron chi connectivity index (χ2n) is 4.62. The lowest BCUT2D eigenvalue weighted by molar-refractivity contribution is 0.490.